The lowest BCUT2D eigenvalue weighted by atomic mass is 10.1. The van der Waals surface area contributed by atoms with Crippen LogP contribution in [0, 0.1) is 47.4 Å². The molecule has 5 nitrogen and oxygen atoms in total. The van der Waals surface area contributed by atoms with Gasteiger partial charge in [-0.1, -0.05) is 230 Å². The number of esters is 2. The first-order valence-electron chi connectivity index (χ1n) is 26.1. The predicted octanol–water partition coefficient (Wildman–Crippen LogP) is 15.4. The first kappa shape index (κ1) is 58.1. The molecule has 0 radical (unpaired) electrons. The molecule has 0 aliphatic carbocycles. The molecule has 0 spiro atoms. The maximum atomic E-state index is 12.2. The molecule has 1 unspecified atom stereocenters. The van der Waals surface area contributed by atoms with Gasteiger partial charge in [0.25, 0.3) is 0 Å². The lowest BCUT2D eigenvalue weighted by Gasteiger charge is -2.11. The molecule has 0 bridgehead atoms. The lowest BCUT2D eigenvalue weighted by molar-refractivity contribution is -0.152. The standard InChI is InChI=1S/C56H95NO4/c1-3-5-7-9-11-13-15-17-19-21-23-25-27-29-31-33-35-37-39-41-43-45-47-49-51-60-55(58)53-54(57)56(59)61-52-50-48-46-44-42-40-38-36-34-32-30-28-26-24-22-20-18-16-14-12-10-8-6-4-2/h54H,3-26,35-53,57H2,1-2H3. The molecule has 0 fully saturated rings. The van der Waals surface area contributed by atoms with E-state index in [0.717, 1.165) is 77.0 Å². The average molecular weight is 846 g/mol. The Morgan fingerprint density at radius 3 is 0.902 bits per heavy atom. The van der Waals surface area contributed by atoms with Crippen molar-refractivity contribution in [2.75, 3.05) is 13.2 Å². The number of unbranched alkanes of at least 4 members (excludes halogenated alkanes) is 36. The summed E-state index contributed by atoms with van der Waals surface area (Å²) in [7, 11) is 0. The van der Waals surface area contributed by atoms with Crippen LogP contribution in [0.4, 0.5) is 0 Å². The van der Waals surface area contributed by atoms with Gasteiger partial charge >= 0.3 is 11.9 Å². The molecule has 5 heteroatoms. The number of carbonyl (C=O) groups excluding carboxylic acids is 2. The largest absolute Gasteiger partial charge is 0.466 e. The number of carbonyl (C=O) groups is 2. The van der Waals surface area contributed by atoms with Crippen LogP contribution in [0.5, 0.6) is 0 Å². The highest BCUT2D eigenvalue weighted by Crippen LogP contribution is 2.14. The van der Waals surface area contributed by atoms with E-state index in [2.05, 4.69) is 61.2 Å². The average Bonchev–Trinajstić information content (AvgIpc) is 3.26. The van der Waals surface area contributed by atoms with Crippen LogP contribution in [-0.2, 0) is 19.1 Å². The van der Waals surface area contributed by atoms with Crippen molar-refractivity contribution in [3.63, 3.8) is 0 Å². The van der Waals surface area contributed by atoms with Gasteiger partial charge in [0.1, 0.15) is 6.04 Å². The zero-order chi connectivity index (χ0) is 44.2. The van der Waals surface area contributed by atoms with Gasteiger partial charge in [-0.25, -0.2) is 0 Å². The van der Waals surface area contributed by atoms with Gasteiger partial charge in [-0.2, -0.15) is 0 Å². The van der Waals surface area contributed by atoms with Crippen LogP contribution in [0.3, 0.4) is 0 Å². The summed E-state index contributed by atoms with van der Waals surface area (Å²) >= 11 is 0. The Labute approximate surface area is 379 Å². The Hall–Kier alpha value is -2.86. The first-order valence-corrected chi connectivity index (χ1v) is 26.1. The molecule has 0 aliphatic heterocycles. The van der Waals surface area contributed by atoms with Crippen LogP contribution < -0.4 is 5.73 Å². The molecular weight excluding hydrogens is 751 g/mol. The van der Waals surface area contributed by atoms with Gasteiger partial charge in [0.2, 0.25) is 0 Å². The van der Waals surface area contributed by atoms with Crippen LogP contribution in [0.1, 0.15) is 277 Å². The Morgan fingerprint density at radius 1 is 0.361 bits per heavy atom. The fraction of sp³-hybridized carbons (Fsp3) is 0.821. The molecule has 1 atom stereocenters. The molecule has 2 N–H and O–H groups in total. The highest BCUT2D eigenvalue weighted by Gasteiger charge is 2.19. The van der Waals surface area contributed by atoms with E-state index in [1.165, 1.54) is 180 Å². The number of nitrogens with two attached hydrogens (primary N) is 1. The van der Waals surface area contributed by atoms with Crippen LogP contribution in [0.15, 0.2) is 0 Å². The number of hydrogen-bond donors (Lipinski definition) is 1. The van der Waals surface area contributed by atoms with Gasteiger partial charge in [-0.3, -0.25) is 9.59 Å². The normalized spacial score (nSPS) is 10.9. The van der Waals surface area contributed by atoms with Gasteiger partial charge in [-0.15, -0.1) is 0 Å². The Bertz CT molecular complexity index is 1230. The molecule has 61 heavy (non-hydrogen) atoms. The van der Waals surface area contributed by atoms with E-state index in [0.29, 0.717) is 13.2 Å². The lowest BCUT2D eigenvalue weighted by Crippen LogP contribution is -2.35. The SMILES string of the molecule is CCCCCCCCCCCCCC#CC#CCCCCCCCCCOC(=O)CC(N)C(=O)OCCCCCCCCCC#CC#CCCCCCCCCCCCCC. The van der Waals surface area contributed by atoms with Gasteiger partial charge in [0.05, 0.1) is 19.6 Å². The molecule has 0 saturated heterocycles. The fourth-order valence-electron chi connectivity index (χ4n) is 7.37. The van der Waals surface area contributed by atoms with Crippen LogP contribution in [-0.4, -0.2) is 31.2 Å². The molecule has 0 saturated carbocycles. The van der Waals surface area contributed by atoms with E-state index in [-0.39, 0.29) is 6.42 Å². The molecule has 0 amide bonds. The second-order valence-electron chi connectivity index (χ2n) is 17.4. The fourth-order valence-corrected chi connectivity index (χ4v) is 7.37. The minimum atomic E-state index is -0.966. The van der Waals surface area contributed by atoms with Crippen molar-refractivity contribution < 1.29 is 19.1 Å². The summed E-state index contributed by atoms with van der Waals surface area (Å²) in [5, 5.41) is 0. The summed E-state index contributed by atoms with van der Waals surface area (Å²) in [6.45, 7) is 5.27. The van der Waals surface area contributed by atoms with Crippen LogP contribution >= 0.6 is 0 Å². The van der Waals surface area contributed by atoms with Crippen molar-refractivity contribution in [3.05, 3.63) is 0 Å². The summed E-state index contributed by atoms with van der Waals surface area (Å²) in [6.07, 6.45) is 49.0. The molecular formula is C56H95NO4. The van der Waals surface area contributed by atoms with Crippen LogP contribution in [0.2, 0.25) is 0 Å². The topological polar surface area (TPSA) is 78.6 Å². The highest BCUT2D eigenvalue weighted by molar-refractivity contribution is 5.82. The maximum absolute atomic E-state index is 12.2. The minimum Gasteiger partial charge on any atom is -0.466 e. The maximum Gasteiger partial charge on any atom is 0.323 e. The Kier molecular flexibility index (Phi) is 49.1. The van der Waals surface area contributed by atoms with Crippen LogP contribution in [0.25, 0.3) is 0 Å². The Balaban J connectivity index is 3.49. The zero-order valence-electron chi connectivity index (χ0n) is 40.2. The van der Waals surface area contributed by atoms with E-state index >= 15 is 0 Å². The van der Waals surface area contributed by atoms with Crippen molar-refractivity contribution in [1.82, 2.24) is 0 Å². The second-order valence-corrected chi connectivity index (χ2v) is 17.4. The first-order chi connectivity index (χ1) is 30.1. The molecule has 0 heterocycles. The molecule has 0 rings (SSSR count). The quantitative estimate of drug-likeness (QED) is 0.0376. The second kappa shape index (κ2) is 51.5. The third kappa shape index (κ3) is 49.7. The molecule has 348 valence electrons. The zero-order valence-corrected chi connectivity index (χ0v) is 40.2. The number of rotatable bonds is 43. The van der Waals surface area contributed by atoms with E-state index < -0.39 is 18.0 Å². The summed E-state index contributed by atoms with van der Waals surface area (Å²) in [4.78, 5) is 24.3. The molecule has 0 aromatic heterocycles. The van der Waals surface area contributed by atoms with E-state index in [4.69, 9.17) is 15.2 Å². The monoisotopic (exact) mass is 846 g/mol. The molecule has 0 aliphatic rings. The van der Waals surface area contributed by atoms with Crippen molar-refractivity contribution in [1.29, 1.82) is 0 Å². The Morgan fingerprint density at radius 2 is 0.607 bits per heavy atom. The number of hydrogen-bond acceptors (Lipinski definition) is 5. The molecule has 0 aromatic carbocycles. The van der Waals surface area contributed by atoms with E-state index in [1.807, 2.05) is 0 Å². The van der Waals surface area contributed by atoms with Gasteiger partial charge in [0.15, 0.2) is 0 Å². The van der Waals surface area contributed by atoms with Gasteiger partial charge in [-0.05, 0) is 62.2 Å². The van der Waals surface area contributed by atoms with Crippen molar-refractivity contribution in [3.8, 4) is 47.4 Å². The van der Waals surface area contributed by atoms with Gasteiger partial charge in [0, 0.05) is 25.7 Å². The molecule has 0 aromatic rings. The summed E-state index contributed by atoms with van der Waals surface area (Å²) in [5.74, 6) is 24.0. The smallest absolute Gasteiger partial charge is 0.323 e. The minimum absolute atomic E-state index is 0.136. The van der Waals surface area contributed by atoms with Gasteiger partial charge < -0.3 is 15.2 Å². The summed E-state index contributed by atoms with van der Waals surface area (Å²) in [6, 6.07) is -0.966. The third-order valence-electron chi connectivity index (χ3n) is 11.4. The van der Waals surface area contributed by atoms with Crippen molar-refractivity contribution in [2.24, 2.45) is 5.73 Å². The number of ether oxygens (including phenoxy) is 2. The highest BCUT2D eigenvalue weighted by atomic mass is 16.5. The van der Waals surface area contributed by atoms with Crippen molar-refractivity contribution >= 4 is 11.9 Å². The third-order valence-corrected chi connectivity index (χ3v) is 11.4. The van der Waals surface area contributed by atoms with E-state index in [1.54, 1.807) is 0 Å². The predicted molar refractivity (Wildman–Crippen MR) is 262 cm³/mol. The summed E-state index contributed by atoms with van der Waals surface area (Å²) < 4.78 is 10.6. The van der Waals surface area contributed by atoms with Crippen molar-refractivity contribution in [2.45, 2.75) is 283 Å². The summed E-state index contributed by atoms with van der Waals surface area (Å²) in [5.41, 5.74) is 5.91. The van der Waals surface area contributed by atoms with E-state index in [9.17, 15) is 9.59 Å².